The molecule has 3 nitrogen and oxygen atoms in total. The van der Waals surface area contributed by atoms with Crippen LogP contribution in [-0.2, 0) is 4.79 Å². The highest BCUT2D eigenvalue weighted by molar-refractivity contribution is 5.85. The van der Waals surface area contributed by atoms with E-state index in [9.17, 15) is 0 Å². The van der Waals surface area contributed by atoms with Crippen LogP contribution in [0.3, 0.4) is 0 Å². The third-order valence-electron chi connectivity index (χ3n) is 1.15. The molecular formula is C5H12ClNO2. The van der Waals surface area contributed by atoms with Crippen molar-refractivity contribution in [3.63, 3.8) is 0 Å². The summed E-state index contributed by atoms with van der Waals surface area (Å²) < 4.78 is 0. The summed E-state index contributed by atoms with van der Waals surface area (Å²) in [7, 11) is 0. The second-order valence-electron chi connectivity index (χ2n) is 1.80. The second-order valence-corrected chi connectivity index (χ2v) is 1.80. The van der Waals surface area contributed by atoms with Crippen molar-refractivity contribution >= 4 is 18.9 Å². The van der Waals surface area contributed by atoms with Crippen LogP contribution in [0.5, 0.6) is 0 Å². The van der Waals surface area contributed by atoms with Crippen molar-refractivity contribution in [3.8, 4) is 0 Å². The maximum Gasteiger partial charge on any atom is 0.290 e. The fraction of sp³-hybridized carbons (Fsp3) is 0.800. The minimum Gasteiger partial charge on any atom is -0.483 e. The van der Waals surface area contributed by atoms with Crippen LogP contribution >= 0.6 is 12.4 Å². The smallest absolute Gasteiger partial charge is 0.290 e. The average Bonchev–Trinajstić information content (AvgIpc) is 1.64. The van der Waals surface area contributed by atoms with Crippen molar-refractivity contribution in [1.29, 1.82) is 0 Å². The first kappa shape index (κ1) is 11.5. The molecule has 0 spiro atoms. The summed E-state index contributed by atoms with van der Waals surface area (Å²) in [5, 5.41) is 6.89. The number of carboxylic acid groups (broad SMARTS) is 1. The van der Waals surface area contributed by atoms with Gasteiger partial charge in [-0.25, -0.2) is 0 Å². The molecule has 0 saturated heterocycles. The molecule has 56 valence electrons. The molecule has 1 rings (SSSR count). The first-order chi connectivity index (χ1) is 3.81. The van der Waals surface area contributed by atoms with E-state index in [2.05, 4.69) is 0 Å². The number of halogens is 1. The Kier molecular flexibility index (Phi) is 9.87. The molecule has 0 radical (unpaired) electrons. The molecule has 0 bridgehead atoms. The Bertz CT molecular complexity index is 66.0. The van der Waals surface area contributed by atoms with Gasteiger partial charge >= 0.3 is 0 Å². The monoisotopic (exact) mass is 153 g/mol. The van der Waals surface area contributed by atoms with Crippen LogP contribution in [0.15, 0.2) is 0 Å². The van der Waals surface area contributed by atoms with Gasteiger partial charge in [-0.15, -0.1) is 12.4 Å². The van der Waals surface area contributed by atoms with Crippen LogP contribution in [-0.4, -0.2) is 17.6 Å². The molecule has 1 aliphatic carbocycles. The van der Waals surface area contributed by atoms with E-state index in [1.165, 1.54) is 19.3 Å². The van der Waals surface area contributed by atoms with Gasteiger partial charge in [0.2, 0.25) is 0 Å². The van der Waals surface area contributed by atoms with Crippen molar-refractivity contribution in [3.05, 3.63) is 0 Å². The molecule has 4 heteroatoms. The summed E-state index contributed by atoms with van der Waals surface area (Å²) in [6, 6.07) is 0.565. The van der Waals surface area contributed by atoms with Gasteiger partial charge in [-0.3, -0.25) is 4.79 Å². The standard InChI is InChI=1S/C4H9N.CH2O2.ClH/c5-4-2-1-3-4;2-1-3;/h4H,1-3,5H2;1H,(H,2,3);1H. The molecule has 1 aliphatic rings. The SMILES string of the molecule is Cl.NC1CCC1.O=CO. The van der Waals surface area contributed by atoms with Crippen molar-refractivity contribution in [1.82, 2.24) is 0 Å². The van der Waals surface area contributed by atoms with Crippen LogP contribution in [0.2, 0.25) is 0 Å². The number of hydrogen-bond acceptors (Lipinski definition) is 2. The summed E-state index contributed by atoms with van der Waals surface area (Å²) in [5.74, 6) is 0. The minimum atomic E-state index is -0.250. The Morgan fingerprint density at radius 3 is 1.78 bits per heavy atom. The van der Waals surface area contributed by atoms with E-state index in [4.69, 9.17) is 15.6 Å². The number of carbonyl (C=O) groups is 1. The quantitative estimate of drug-likeness (QED) is 0.502. The molecular weight excluding hydrogens is 142 g/mol. The number of rotatable bonds is 0. The topological polar surface area (TPSA) is 63.3 Å². The van der Waals surface area contributed by atoms with Crippen molar-refractivity contribution < 1.29 is 9.90 Å². The van der Waals surface area contributed by atoms with Gasteiger partial charge in [0, 0.05) is 6.04 Å². The fourth-order valence-corrected chi connectivity index (χ4v) is 0.440. The molecule has 0 atom stereocenters. The van der Waals surface area contributed by atoms with Gasteiger partial charge in [-0.2, -0.15) is 0 Å². The molecule has 0 aromatic carbocycles. The molecule has 0 aromatic heterocycles. The average molecular weight is 154 g/mol. The fourth-order valence-electron chi connectivity index (χ4n) is 0.440. The molecule has 0 unspecified atom stereocenters. The van der Waals surface area contributed by atoms with E-state index < -0.39 is 0 Å². The third-order valence-corrected chi connectivity index (χ3v) is 1.15. The van der Waals surface area contributed by atoms with Gasteiger partial charge < -0.3 is 10.8 Å². The Morgan fingerprint density at radius 2 is 1.78 bits per heavy atom. The predicted octanol–water partition coefficient (Wildman–Crippen LogP) is 0.620. The van der Waals surface area contributed by atoms with Crippen LogP contribution in [0.1, 0.15) is 19.3 Å². The summed E-state index contributed by atoms with van der Waals surface area (Å²) in [6.07, 6.45) is 3.89. The summed E-state index contributed by atoms with van der Waals surface area (Å²) >= 11 is 0. The van der Waals surface area contributed by atoms with Gasteiger partial charge in [-0.05, 0) is 12.8 Å². The van der Waals surface area contributed by atoms with Crippen LogP contribution in [0, 0.1) is 0 Å². The first-order valence-electron chi connectivity index (χ1n) is 2.64. The summed E-state index contributed by atoms with van der Waals surface area (Å²) in [5.41, 5.74) is 5.38. The van der Waals surface area contributed by atoms with Gasteiger partial charge in [0.25, 0.3) is 6.47 Å². The minimum absolute atomic E-state index is 0. The largest absolute Gasteiger partial charge is 0.483 e. The predicted molar refractivity (Wildman–Crippen MR) is 37.8 cm³/mol. The lowest BCUT2D eigenvalue weighted by Gasteiger charge is -2.18. The summed E-state index contributed by atoms with van der Waals surface area (Å²) in [4.78, 5) is 8.36. The van der Waals surface area contributed by atoms with E-state index >= 15 is 0 Å². The molecule has 9 heavy (non-hydrogen) atoms. The second kappa shape index (κ2) is 7.72. The van der Waals surface area contributed by atoms with E-state index in [0.717, 1.165) is 0 Å². The van der Waals surface area contributed by atoms with Gasteiger partial charge in [0.1, 0.15) is 0 Å². The van der Waals surface area contributed by atoms with Gasteiger partial charge in [0.05, 0.1) is 0 Å². The molecule has 3 N–H and O–H groups in total. The van der Waals surface area contributed by atoms with Gasteiger partial charge in [-0.1, -0.05) is 6.42 Å². The lowest BCUT2D eigenvalue weighted by Crippen LogP contribution is -2.27. The third kappa shape index (κ3) is 7.72. The number of nitrogens with two attached hydrogens (primary N) is 1. The molecule has 1 saturated carbocycles. The first-order valence-corrected chi connectivity index (χ1v) is 2.64. The van der Waals surface area contributed by atoms with E-state index in [1.54, 1.807) is 0 Å². The Balaban J connectivity index is 0. The lowest BCUT2D eigenvalue weighted by molar-refractivity contribution is -0.122. The van der Waals surface area contributed by atoms with Crippen LogP contribution in [0.25, 0.3) is 0 Å². The molecule has 0 aromatic rings. The molecule has 1 fully saturated rings. The van der Waals surface area contributed by atoms with Crippen LogP contribution in [0.4, 0.5) is 0 Å². The maximum absolute atomic E-state index is 8.36. The molecule has 0 aliphatic heterocycles. The lowest BCUT2D eigenvalue weighted by atomic mass is 9.95. The number of hydrogen-bond donors (Lipinski definition) is 2. The Morgan fingerprint density at radius 1 is 1.56 bits per heavy atom. The highest BCUT2D eigenvalue weighted by Crippen LogP contribution is 2.14. The maximum atomic E-state index is 8.36. The summed E-state index contributed by atoms with van der Waals surface area (Å²) in [6.45, 7) is -0.250. The van der Waals surface area contributed by atoms with E-state index in [-0.39, 0.29) is 18.9 Å². The van der Waals surface area contributed by atoms with Crippen molar-refractivity contribution in [2.75, 3.05) is 0 Å². The normalized spacial score (nSPS) is 15.7. The zero-order valence-electron chi connectivity index (χ0n) is 5.12. The van der Waals surface area contributed by atoms with Crippen molar-refractivity contribution in [2.24, 2.45) is 5.73 Å². The Hall–Kier alpha value is -0.280. The van der Waals surface area contributed by atoms with Crippen LogP contribution < -0.4 is 5.73 Å². The molecule has 0 amide bonds. The zero-order chi connectivity index (χ0) is 6.41. The van der Waals surface area contributed by atoms with Gasteiger partial charge in [0.15, 0.2) is 0 Å². The Labute approximate surface area is 60.6 Å². The zero-order valence-corrected chi connectivity index (χ0v) is 5.93. The molecule has 0 heterocycles. The highest BCUT2D eigenvalue weighted by Gasteiger charge is 2.09. The van der Waals surface area contributed by atoms with E-state index in [0.29, 0.717) is 6.04 Å². The van der Waals surface area contributed by atoms with E-state index in [1.807, 2.05) is 0 Å². The van der Waals surface area contributed by atoms with Crippen molar-refractivity contribution in [2.45, 2.75) is 25.3 Å². The highest BCUT2D eigenvalue weighted by atomic mass is 35.5.